The number of fused-ring (bicyclic) bond motifs is 4. The summed E-state index contributed by atoms with van der Waals surface area (Å²) in [5, 5.41) is 14.5. The molecule has 5 rings (SSSR count). The highest BCUT2D eigenvalue weighted by atomic mass is 32.2. The van der Waals surface area contributed by atoms with Crippen molar-refractivity contribution in [2.75, 3.05) is 13.7 Å². The average Bonchev–Trinajstić information content (AvgIpc) is 3.39. The first kappa shape index (κ1) is 19.3. The van der Waals surface area contributed by atoms with Crippen LogP contribution in [0.1, 0.15) is 36.3 Å². The molecule has 30 heavy (non-hydrogen) atoms. The van der Waals surface area contributed by atoms with Crippen molar-refractivity contribution in [1.82, 2.24) is 24.3 Å². The molecule has 0 atom stereocenters. The van der Waals surface area contributed by atoms with Crippen molar-refractivity contribution in [3.8, 4) is 0 Å². The Morgan fingerprint density at radius 2 is 2.07 bits per heavy atom. The van der Waals surface area contributed by atoms with Crippen molar-refractivity contribution < 1.29 is 9.26 Å². The van der Waals surface area contributed by atoms with E-state index in [1.807, 2.05) is 28.7 Å². The fourth-order valence-electron chi connectivity index (χ4n) is 4.09. The van der Waals surface area contributed by atoms with Gasteiger partial charge in [0.25, 0.3) is 5.56 Å². The first-order chi connectivity index (χ1) is 14.8. The van der Waals surface area contributed by atoms with E-state index >= 15 is 0 Å². The average molecular weight is 426 g/mol. The molecule has 0 N–H and O–H groups in total. The Hall–Kier alpha value is -2.65. The summed E-state index contributed by atoms with van der Waals surface area (Å²) in [6.45, 7) is 1.11. The maximum Gasteiger partial charge on any atom is 0.262 e. The molecule has 1 aliphatic carbocycles. The Morgan fingerprint density at radius 1 is 1.20 bits per heavy atom. The van der Waals surface area contributed by atoms with Crippen LogP contribution in [0.2, 0.25) is 0 Å². The molecule has 8 nitrogen and oxygen atoms in total. The second-order valence-corrected chi connectivity index (χ2v) is 8.41. The maximum atomic E-state index is 13.1. The van der Waals surface area contributed by atoms with E-state index < -0.39 is 0 Å². The van der Waals surface area contributed by atoms with Crippen molar-refractivity contribution in [2.24, 2.45) is 0 Å². The monoisotopic (exact) mass is 425 g/mol. The lowest BCUT2D eigenvalue weighted by atomic mass is 9.97. The van der Waals surface area contributed by atoms with Crippen molar-refractivity contribution in [2.45, 2.75) is 49.6 Å². The predicted octanol–water partition coefficient (Wildman–Crippen LogP) is 3.24. The zero-order chi connectivity index (χ0) is 20.5. The van der Waals surface area contributed by atoms with Crippen LogP contribution in [0.4, 0.5) is 0 Å². The third-order valence-corrected chi connectivity index (χ3v) is 6.52. The van der Waals surface area contributed by atoms with Crippen LogP contribution in [0, 0.1) is 0 Å². The van der Waals surface area contributed by atoms with E-state index in [4.69, 9.17) is 9.26 Å². The SMILES string of the molecule is COCCCn1c(=O)c2ccccc2n2c(SCc3noc4c3CCCC4)nnc12. The zero-order valence-electron chi connectivity index (χ0n) is 16.8. The summed E-state index contributed by atoms with van der Waals surface area (Å²) in [5.74, 6) is 2.25. The number of rotatable bonds is 7. The minimum Gasteiger partial charge on any atom is -0.385 e. The smallest absolute Gasteiger partial charge is 0.262 e. The van der Waals surface area contributed by atoms with Crippen LogP contribution in [-0.2, 0) is 29.9 Å². The van der Waals surface area contributed by atoms with Gasteiger partial charge in [-0.3, -0.25) is 13.8 Å². The number of benzene rings is 1. The molecular formula is C21H23N5O3S. The van der Waals surface area contributed by atoms with E-state index in [0.717, 1.165) is 47.8 Å². The molecule has 0 spiro atoms. The van der Waals surface area contributed by atoms with Crippen LogP contribution < -0.4 is 5.56 Å². The van der Waals surface area contributed by atoms with Crippen LogP contribution in [0.5, 0.6) is 0 Å². The first-order valence-electron chi connectivity index (χ1n) is 10.2. The van der Waals surface area contributed by atoms with Crippen LogP contribution in [-0.4, -0.2) is 38.0 Å². The fraction of sp³-hybridized carbons (Fsp3) is 0.429. The normalized spacial score (nSPS) is 13.9. The standard InChI is InChI=1S/C21H23N5O3S/c1-28-12-6-11-25-19(27)15-8-2-4-9-17(15)26-20(25)22-23-21(26)30-13-16-14-7-3-5-10-18(14)29-24-16/h2,4,8-9H,3,5-7,10-13H2,1H3. The molecule has 0 saturated heterocycles. The predicted molar refractivity (Wildman–Crippen MR) is 114 cm³/mol. The number of nitrogens with zero attached hydrogens (tertiary/aromatic N) is 5. The van der Waals surface area contributed by atoms with Crippen molar-refractivity contribution in [3.05, 3.63) is 51.6 Å². The summed E-state index contributed by atoms with van der Waals surface area (Å²) < 4.78 is 14.4. The Kier molecular flexibility index (Phi) is 5.30. The number of methoxy groups -OCH3 is 1. The Bertz CT molecular complexity index is 1260. The molecular weight excluding hydrogens is 402 g/mol. The van der Waals surface area contributed by atoms with E-state index in [2.05, 4.69) is 15.4 Å². The molecule has 0 aliphatic heterocycles. The number of hydrogen-bond donors (Lipinski definition) is 0. The second kappa shape index (κ2) is 8.23. The van der Waals surface area contributed by atoms with Crippen molar-refractivity contribution >= 4 is 28.4 Å². The minimum absolute atomic E-state index is 0.0521. The third kappa shape index (κ3) is 3.31. The highest BCUT2D eigenvalue weighted by Gasteiger charge is 2.21. The number of aryl methyl sites for hydroxylation is 2. The molecule has 4 aromatic rings. The third-order valence-electron chi connectivity index (χ3n) is 5.58. The van der Waals surface area contributed by atoms with Gasteiger partial charge in [0.15, 0.2) is 5.16 Å². The Morgan fingerprint density at radius 3 is 2.97 bits per heavy atom. The zero-order valence-corrected chi connectivity index (χ0v) is 17.7. The van der Waals surface area contributed by atoms with Gasteiger partial charge in [-0.15, -0.1) is 10.2 Å². The molecule has 3 aromatic heterocycles. The van der Waals surface area contributed by atoms with Gasteiger partial charge in [0, 0.05) is 38.0 Å². The summed E-state index contributed by atoms with van der Waals surface area (Å²) in [5.41, 5.74) is 3.01. The van der Waals surface area contributed by atoms with Gasteiger partial charge in [0.2, 0.25) is 5.78 Å². The number of hydrogen-bond acceptors (Lipinski definition) is 7. The lowest BCUT2D eigenvalue weighted by molar-refractivity contribution is 0.190. The summed E-state index contributed by atoms with van der Waals surface area (Å²) in [7, 11) is 1.66. The second-order valence-electron chi connectivity index (χ2n) is 7.47. The van der Waals surface area contributed by atoms with E-state index in [1.165, 1.54) is 12.0 Å². The van der Waals surface area contributed by atoms with Crippen LogP contribution in [0.3, 0.4) is 0 Å². The molecule has 0 bridgehead atoms. The van der Waals surface area contributed by atoms with E-state index in [9.17, 15) is 4.79 Å². The molecule has 156 valence electrons. The molecule has 1 aromatic carbocycles. The van der Waals surface area contributed by atoms with Gasteiger partial charge in [0.05, 0.1) is 16.6 Å². The van der Waals surface area contributed by atoms with Gasteiger partial charge >= 0.3 is 0 Å². The topological polar surface area (TPSA) is 87.5 Å². The molecule has 9 heteroatoms. The molecule has 0 saturated carbocycles. The van der Waals surface area contributed by atoms with Crippen LogP contribution >= 0.6 is 11.8 Å². The lowest BCUT2D eigenvalue weighted by Crippen LogP contribution is -2.24. The number of aromatic nitrogens is 5. The molecule has 1 aliphatic rings. The highest BCUT2D eigenvalue weighted by Crippen LogP contribution is 2.30. The highest BCUT2D eigenvalue weighted by molar-refractivity contribution is 7.98. The molecule has 0 radical (unpaired) electrons. The molecule has 0 fully saturated rings. The van der Waals surface area contributed by atoms with Crippen molar-refractivity contribution in [1.29, 1.82) is 0 Å². The van der Waals surface area contributed by atoms with Gasteiger partial charge < -0.3 is 9.26 Å². The first-order valence-corrected chi connectivity index (χ1v) is 11.2. The van der Waals surface area contributed by atoms with E-state index in [-0.39, 0.29) is 5.56 Å². The van der Waals surface area contributed by atoms with Crippen molar-refractivity contribution in [3.63, 3.8) is 0 Å². The van der Waals surface area contributed by atoms with Gasteiger partial charge in [-0.25, -0.2) is 0 Å². The summed E-state index contributed by atoms with van der Waals surface area (Å²) in [4.78, 5) is 13.1. The Balaban J connectivity index is 1.54. The molecule has 0 amide bonds. The minimum atomic E-state index is -0.0521. The quantitative estimate of drug-likeness (QED) is 0.332. The molecule has 0 unspecified atom stereocenters. The number of para-hydroxylation sites is 1. The van der Waals surface area contributed by atoms with Crippen LogP contribution in [0.25, 0.3) is 16.7 Å². The Labute approximate surface area is 177 Å². The maximum absolute atomic E-state index is 13.1. The fourth-order valence-corrected chi connectivity index (χ4v) is 4.99. The van der Waals surface area contributed by atoms with E-state index in [1.54, 1.807) is 23.4 Å². The molecule has 3 heterocycles. The van der Waals surface area contributed by atoms with E-state index in [0.29, 0.717) is 30.1 Å². The lowest BCUT2D eigenvalue weighted by Gasteiger charge is -2.11. The van der Waals surface area contributed by atoms with Gasteiger partial charge in [-0.05, 0) is 37.8 Å². The summed E-state index contributed by atoms with van der Waals surface area (Å²) in [6, 6.07) is 7.61. The number of ether oxygens (including phenoxy) is 1. The van der Waals surface area contributed by atoms with Gasteiger partial charge in [-0.1, -0.05) is 29.1 Å². The van der Waals surface area contributed by atoms with Gasteiger partial charge in [-0.2, -0.15) is 0 Å². The number of thioether (sulfide) groups is 1. The summed E-state index contributed by atoms with van der Waals surface area (Å²) >= 11 is 1.57. The largest absolute Gasteiger partial charge is 0.385 e. The van der Waals surface area contributed by atoms with Gasteiger partial charge in [0.1, 0.15) is 5.76 Å². The van der Waals surface area contributed by atoms with Crippen LogP contribution in [0.15, 0.2) is 38.7 Å². The summed E-state index contributed by atoms with van der Waals surface area (Å²) in [6.07, 6.45) is 5.07.